The van der Waals surface area contributed by atoms with Gasteiger partial charge < -0.3 is 4.90 Å². The number of carbonyl (C=O) groups is 1. The Morgan fingerprint density at radius 2 is 1.63 bits per heavy atom. The van der Waals surface area contributed by atoms with Gasteiger partial charge in [0.2, 0.25) is 15.9 Å². The van der Waals surface area contributed by atoms with Crippen molar-refractivity contribution in [1.82, 2.24) is 4.90 Å². The molecule has 2 aromatic rings. The molecule has 0 spiro atoms. The van der Waals surface area contributed by atoms with E-state index in [-0.39, 0.29) is 30.6 Å². The second-order valence-corrected chi connectivity index (χ2v) is 8.54. The van der Waals surface area contributed by atoms with E-state index in [1.165, 1.54) is 18.2 Å². The van der Waals surface area contributed by atoms with Crippen molar-refractivity contribution >= 4 is 21.6 Å². The molecule has 0 aliphatic heterocycles. The molecule has 0 aliphatic carbocycles. The minimum absolute atomic E-state index is 0.0353. The van der Waals surface area contributed by atoms with Gasteiger partial charge in [-0.15, -0.1) is 0 Å². The second kappa shape index (κ2) is 8.99. The number of sulfonamides is 1. The van der Waals surface area contributed by atoms with Crippen LogP contribution in [-0.4, -0.2) is 38.1 Å². The molecular weight excluding hydrogens is 367 g/mol. The molecule has 0 N–H and O–H groups in total. The molecule has 0 bridgehead atoms. The third kappa shape index (κ3) is 5.79. The highest BCUT2D eigenvalue weighted by Gasteiger charge is 2.24. The number of carbonyl (C=O) groups excluding carboxylic acids is 1. The predicted octanol–water partition coefficient (Wildman–Crippen LogP) is 3.42. The van der Waals surface area contributed by atoms with Crippen molar-refractivity contribution in [2.45, 2.75) is 32.9 Å². The number of rotatable bonds is 8. The number of nitrogens with zero attached hydrogens (tertiary/aromatic N) is 2. The van der Waals surface area contributed by atoms with E-state index in [1.54, 1.807) is 11.0 Å². The van der Waals surface area contributed by atoms with Crippen molar-refractivity contribution in [3.63, 3.8) is 0 Å². The molecule has 146 valence electrons. The maximum absolute atomic E-state index is 14.1. The smallest absolute Gasteiger partial charge is 0.232 e. The Labute approximate surface area is 160 Å². The van der Waals surface area contributed by atoms with Crippen LogP contribution in [0.4, 0.5) is 10.1 Å². The Hall–Kier alpha value is -2.41. The van der Waals surface area contributed by atoms with E-state index in [4.69, 9.17) is 0 Å². The minimum Gasteiger partial charge on any atom is -0.336 e. The molecule has 0 aromatic heterocycles. The number of halogens is 1. The summed E-state index contributed by atoms with van der Waals surface area (Å²) in [6, 6.07) is 15.2. The summed E-state index contributed by atoms with van der Waals surface area (Å²) in [4.78, 5) is 14.4. The standard InChI is InChI=1S/C20H25FN2O3S/c1-16(2)22(15-17-9-5-4-6-10-17)20(24)13-14-23(27(3,25)26)19-12-8-7-11-18(19)21/h4-12,16H,13-15H2,1-3H3. The lowest BCUT2D eigenvalue weighted by Gasteiger charge is -2.29. The second-order valence-electron chi connectivity index (χ2n) is 6.64. The maximum Gasteiger partial charge on any atom is 0.232 e. The first-order valence-electron chi connectivity index (χ1n) is 8.75. The monoisotopic (exact) mass is 392 g/mol. The molecule has 0 heterocycles. The summed E-state index contributed by atoms with van der Waals surface area (Å²) in [5.41, 5.74) is 0.945. The fraction of sp³-hybridized carbons (Fsp3) is 0.350. The van der Waals surface area contributed by atoms with Crippen molar-refractivity contribution in [2.24, 2.45) is 0 Å². The third-order valence-corrected chi connectivity index (χ3v) is 5.37. The van der Waals surface area contributed by atoms with E-state index >= 15 is 0 Å². The van der Waals surface area contributed by atoms with Gasteiger partial charge in [0.1, 0.15) is 5.82 Å². The highest BCUT2D eigenvalue weighted by molar-refractivity contribution is 7.92. The van der Waals surface area contributed by atoms with Crippen molar-refractivity contribution in [3.05, 3.63) is 66.0 Å². The van der Waals surface area contributed by atoms with Crippen molar-refractivity contribution in [2.75, 3.05) is 17.1 Å². The lowest BCUT2D eigenvalue weighted by molar-refractivity contribution is -0.133. The number of benzene rings is 2. The zero-order chi connectivity index (χ0) is 20.0. The quantitative estimate of drug-likeness (QED) is 0.692. The van der Waals surface area contributed by atoms with E-state index in [0.29, 0.717) is 6.54 Å². The summed E-state index contributed by atoms with van der Waals surface area (Å²) < 4.78 is 39.3. The number of hydrogen-bond acceptors (Lipinski definition) is 3. The van der Waals surface area contributed by atoms with Crippen LogP contribution < -0.4 is 4.31 Å². The Kier molecular flexibility index (Phi) is 6.96. The molecule has 0 atom stereocenters. The normalized spacial score (nSPS) is 11.4. The van der Waals surface area contributed by atoms with Gasteiger partial charge >= 0.3 is 0 Å². The number of amides is 1. The Bertz CT molecular complexity index is 870. The molecule has 0 unspecified atom stereocenters. The fourth-order valence-electron chi connectivity index (χ4n) is 2.80. The molecule has 0 saturated heterocycles. The first-order valence-corrected chi connectivity index (χ1v) is 10.6. The van der Waals surface area contributed by atoms with Gasteiger partial charge in [0, 0.05) is 25.6 Å². The van der Waals surface area contributed by atoms with Gasteiger partial charge in [-0.3, -0.25) is 9.10 Å². The van der Waals surface area contributed by atoms with E-state index in [0.717, 1.165) is 16.1 Å². The van der Waals surface area contributed by atoms with Crippen LogP contribution in [0.15, 0.2) is 54.6 Å². The molecular formula is C20H25FN2O3S. The van der Waals surface area contributed by atoms with Crippen LogP contribution in [0.1, 0.15) is 25.8 Å². The van der Waals surface area contributed by atoms with Crippen LogP contribution in [0.5, 0.6) is 0 Å². The molecule has 5 nitrogen and oxygen atoms in total. The molecule has 0 saturated carbocycles. The number of anilines is 1. The number of hydrogen-bond donors (Lipinski definition) is 0. The molecule has 0 radical (unpaired) electrons. The first-order chi connectivity index (χ1) is 12.7. The molecule has 1 amide bonds. The van der Waals surface area contributed by atoms with E-state index in [9.17, 15) is 17.6 Å². The van der Waals surface area contributed by atoms with Crippen LogP contribution in [0, 0.1) is 5.82 Å². The highest BCUT2D eigenvalue weighted by Crippen LogP contribution is 2.22. The lowest BCUT2D eigenvalue weighted by atomic mass is 10.1. The van der Waals surface area contributed by atoms with Crippen molar-refractivity contribution in [1.29, 1.82) is 0 Å². The largest absolute Gasteiger partial charge is 0.336 e. The molecule has 7 heteroatoms. The summed E-state index contributed by atoms with van der Waals surface area (Å²) >= 11 is 0. The zero-order valence-electron chi connectivity index (χ0n) is 15.8. The number of para-hydroxylation sites is 1. The zero-order valence-corrected chi connectivity index (χ0v) is 16.6. The predicted molar refractivity (Wildman–Crippen MR) is 105 cm³/mol. The van der Waals surface area contributed by atoms with Crippen LogP contribution in [0.25, 0.3) is 0 Å². The SMILES string of the molecule is CC(C)N(Cc1ccccc1)C(=O)CCN(c1ccccc1F)S(C)(=O)=O. The Morgan fingerprint density at radius 1 is 1.04 bits per heavy atom. The van der Waals surface area contributed by atoms with Gasteiger partial charge in [0.05, 0.1) is 11.9 Å². The van der Waals surface area contributed by atoms with Gasteiger partial charge in [0.15, 0.2) is 0 Å². The minimum atomic E-state index is -3.72. The Morgan fingerprint density at radius 3 is 2.19 bits per heavy atom. The summed E-state index contributed by atoms with van der Waals surface area (Å²) in [5, 5.41) is 0. The topological polar surface area (TPSA) is 57.7 Å². The average Bonchev–Trinajstić information content (AvgIpc) is 2.60. The van der Waals surface area contributed by atoms with E-state index in [2.05, 4.69) is 0 Å². The van der Waals surface area contributed by atoms with Gasteiger partial charge in [-0.25, -0.2) is 12.8 Å². The summed E-state index contributed by atoms with van der Waals surface area (Å²) in [6.45, 7) is 4.14. The maximum atomic E-state index is 14.1. The van der Waals surface area contributed by atoms with Crippen LogP contribution >= 0.6 is 0 Å². The van der Waals surface area contributed by atoms with Gasteiger partial charge in [-0.1, -0.05) is 42.5 Å². The van der Waals surface area contributed by atoms with E-state index in [1.807, 2.05) is 44.2 Å². The van der Waals surface area contributed by atoms with Crippen molar-refractivity contribution in [3.8, 4) is 0 Å². The first kappa shape index (κ1) is 20.9. The van der Waals surface area contributed by atoms with Gasteiger partial charge in [-0.05, 0) is 31.5 Å². The highest BCUT2D eigenvalue weighted by atomic mass is 32.2. The van der Waals surface area contributed by atoms with Gasteiger partial charge in [-0.2, -0.15) is 0 Å². The van der Waals surface area contributed by atoms with Crippen LogP contribution in [0.2, 0.25) is 0 Å². The Balaban J connectivity index is 2.15. The molecule has 27 heavy (non-hydrogen) atoms. The molecule has 0 fully saturated rings. The summed E-state index contributed by atoms with van der Waals surface area (Å²) in [7, 11) is -3.72. The lowest BCUT2D eigenvalue weighted by Crippen LogP contribution is -2.40. The van der Waals surface area contributed by atoms with Crippen LogP contribution in [0.3, 0.4) is 0 Å². The summed E-state index contributed by atoms with van der Waals surface area (Å²) in [5.74, 6) is -0.820. The molecule has 0 aliphatic rings. The van der Waals surface area contributed by atoms with Crippen LogP contribution in [-0.2, 0) is 21.4 Å². The van der Waals surface area contributed by atoms with Crippen molar-refractivity contribution < 1.29 is 17.6 Å². The molecule has 2 aromatic carbocycles. The fourth-order valence-corrected chi connectivity index (χ4v) is 3.73. The third-order valence-electron chi connectivity index (χ3n) is 4.19. The van der Waals surface area contributed by atoms with E-state index < -0.39 is 15.8 Å². The summed E-state index contributed by atoms with van der Waals surface area (Å²) in [6.07, 6.45) is 0.973. The van der Waals surface area contributed by atoms with Gasteiger partial charge in [0.25, 0.3) is 0 Å². The average molecular weight is 392 g/mol. The molecule has 2 rings (SSSR count).